The molecule has 3 aromatic rings. The van der Waals surface area contributed by atoms with Gasteiger partial charge in [0.1, 0.15) is 0 Å². The summed E-state index contributed by atoms with van der Waals surface area (Å²) in [4.78, 5) is 14.5. The molecule has 114 valence electrons. The van der Waals surface area contributed by atoms with E-state index >= 15 is 0 Å². The number of nitro groups is 1. The van der Waals surface area contributed by atoms with Crippen LogP contribution in [-0.4, -0.2) is 31.0 Å². The quantitative estimate of drug-likeness (QED) is 0.344. The Morgan fingerprint density at radius 2 is 2.00 bits per heavy atom. The van der Waals surface area contributed by atoms with Gasteiger partial charge in [-0.2, -0.15) is 14.9 Å². The summed E-state index contributed by atoms with van der Waals surface area (Å²) in [5.41, 5.74) is 1.12. The van der Waals surface area contributed by atoms with Gasteiger partial charge in [-0.05, 0) is 30.4 Å². The Morgan fingerprint density at radius 3 is 2.74 bits per heavy atom. The maximum atomic E-state index is 11.0. The molecule has 3 rings (SSSR count). The highest BCUT2D eigenvalue weighted by Crippen LogP contribution is 2.18. The van der Waals surface area contributed by atoms with Crippen LogP contribution < -0.4 is 0 Å². The molecule has 0 fully saturated rings. The van der Waals surface area contributed by atoms with E-state index in [-0.39, 0.29) is 10.5 Å². The smallest absolute Gasteiger partial charge is 0.265 e. The molecular formula is C14H10N6O2S. The molecule has 2 heterocycles. The average molecular weight is 326 g/mol. The van der Waals surface area contributed by atoms with E-state index in [1.807, 2.05) is 0 Å². The Hall–Kier alpha value is -3.20. The first-order chi connectivity index (χ1) is 11.2. The summed E-state index contributed by atoms with van der Waals surface area (Å²) in [7, 11) is 0. The Kier molecular flexibility index (Phi) is 4.02. The Balaban J connectivity index is 2.04. The van der Waals surface area contributed by atoms with Gasteiger partial charge < -0.3 is 0 Å². The van der Waals surface area contributed by atoms with Crippen molar-refractivity contribution in [3.8, 4) is 11.4 Å². The zero-order valence-corrected chi connectivity index (χ0v) is 12.5. The van der Waals surface area contributed by atoms with Gasteiger partial charge in [0.25, 0.3) is 5.69 Å². The Morgan fingerprint density at radius 1 is 1.26 bits per heavy atom. The van der Waals surface area contributed by atoms with Crippen LogP contribution in [0.2, 0.25) is 0 Å². The number of aromatic amines is 1. The third-order valence-electron chi connectivity index (χ3n) is 3.03. The van der Waals surface area contributed by atoms with Crippen molar-refractivity contribution < 1.29 is 4.92 Å². The highest BCUT2D eigenvalue weighted by molar-refractivity contribution is 7.71. The van der Waals surface area contributed by atoms with Crippen LogP contribution in [0.15, 0.2) is 53.9 Å². The van der Waals surface area contributed by atoms with E-state index in [1.54, 1.807) is 42.7 Å². The second kappa shape index (κ2) is 6.28. The van der Waals surface area contributed by atoms with Crippen LogP contribution in [0, 0.1) is 14.9 Å². The minimum absolute atomic E-state index is 0.0308. The number of hydrogen-bond acceptors (Lipinski definition) is 6. The fraction of sp³-hybridized carbons (Fsp3) is 0. The Labute approximate surface area is 135 Å². The van der Waals surface area contributed by atoms with Gasteiger partial charge in [-0.3, -0.25) is 15.1 Å². The van der Waals surface area contributed by atoms with Crippen molar-refractivity contribution in [2.75, 3.05) is 0 Å². The highest BCUT2D eigenvalue weighted by atomic mass is 32.1. The zero-order chi connectivity index (χ0) is 16.2. The van der Waals surface area contributed by atoms with Gasteiger partial charge in [-0.25, -0.2) is 5.10 Å². The minimum atomic E-state index is -0.459. The van der Waals surface area contributed by atoms with Crippen molar-refractivity contribution in [3.05, 3.63) is 69.2 Å². The van der Waals surface area contributed by atoms with E-state index in [9.17, 15) is 10.1 Å². The van der Waals surface area contributed by atoms with Crippen molar-refractivity contribution in [2.45, 2.75) is 0 Å². The summed E-state index contributed by atoms with van der Waals surface area (Å²) >= 11 is 5.15. The monoisotopic (exact) mass is 326 g/mol. The number of benzene rings is 1. The number of aromatic nitrogens is 4. The van der Waals surface area contributed by atoms with Crippen molar-refractivity contribution in [1.29, 1.82) is 0 Å². The van der Waals surface area contributed by atoms with E-state index in [0.717, 1.165) is 5.56 Å². The molecule has 0 saturated carbocycles. The summed E-state index contributed by atoms with van der Waals surface area (Å²) in [5.74, 6) is 0.493. The van der Waals surface area contributed by atoms with Crippen molar-refractivity contribution >= 4 is 24.1 Å². The van der Waals surface area contributed by atoms with Crippen molar-refractivity contribution in [3.63, 3.8) is 0 Å². The van der Waals surface area contributed by atoms with Gasteiger partial charge in [0.2, 0.25) is 4.77 Å². The van der Waals surface area contributed by atoms with Crippen LogP contribution in [0.1, 0.15) is 5.56 Å². The average Bonchev–Trinajstić information content (AvgIpc) is 2.94. The normalized spacial score (nSPS) is 11.0. The van der Waals surface area contributed by atoms with Gasteiger partial charge in [-0.15, -0.1) is 0 Å². The molecule has 0 aliphatic heterocycles. The molecule has 1 N–H and O–H groups in total. The van der Waals surface area contributed by atoms with Crippen LogP contribution in [0.5, 0.6) is 0 Å². The molecule has 0 saturated heterocycles. The summed E-state index contributed by atoms with van der Waals surface area (Å²) in [6, 6.07) is 9.86. The number of nitrogens with zero attached hydrogens (tertiary/aromatic N) is 5. The van der Waals surface area contributed by atoms with Gasteiger partial charge >= 0.3 is 0 Å². The fourth-order valence-corrected chi connectivity index (χ4v) is 2.15. The van der Waals surface area contributed by atoms with E-state index in [2.05, 4.69) is 20.3 Å². The lowest BCUT2D eigenvalue weighted by Gasteiger charge is -2.00. The van der Waals surface area contributed by atoms with E-state index in [1.165, 1.54) is 17.0 Å². The molecule has 8 nitrogen and oxygen atoms in total. The summed E-state index contributed by atoms with van der Waals surface area (Å²) in [6.45, 7) is 0. The number of H-pyrrole nitrogens is 1. The molecule has 23 heavy (non-hydrogen) atoms. The molecule has 0 atom stereocenters. The van der Waals surface area contributed by atoms with Crippen LogP contribution in [0.4, 0.5) is 5.69 Å². The van der Waals surface area contributed by atoms with Crippen LogP contribution in [0.3, 0.4) is 0 Å². The van der Waals surface area contributed by atoms with Crippen LogP contribution in [0.25, 0.3) is 11.4 Å². The SMILES string of the molecule is O=[N+]([O-])c1ccccc1/C=N/n1c(-c2ccncc2)n[nH]c1=S. The topological polar surface area (TPSA) is 102 Å². The second-order valence-electron chi connectivity index (χ2n) is 4.46. The molecular weight excluding hydrogens is 316 g/mol. The third-order valence-corrected chi connectivity index (χ3v) is 3.30. The lowest BCUT2D eigenvalue weighted by atomic mass is 10.2. The number of nitro benzene ring substituents is 1. The van der Waals surface area contributed by atoms with E-state index in [0.29, 0.717) is 11.4 Å². The van der Waals surface area contributed by atoms with Gasteiger partial charge in [0.05, 0.1) is 16.7 Å². The number of nitrogens with one attached hydrogen (secondary N) is 1. The zero-order valence-electron chi connectivity index (χ0n) is 11.7. The molecule has 2 aromatic heterocycles. The molecule has 1 aromatic carbocycles. The fourth-order valence-electron chi connectivity index (χ4n) is 1.97. The van der Waals surface area contributed by atoms with Crippen LogP contribution >= 0.6 is 12.2 Å². The predicted molar refractivity (Wildman–Crippen MR) is 86.7 cm³/mol. The number of para-hydroxylation sites is 1. The number of rotatable bonds is 4. The van der Waals surface area contributed by atoms with E-state index < -0.39 is 4.92 Å². The summed E-state index contributed by atoms with van der Waals surface area (Å²) < 4.78 is 1.69. The number of hydrogen-bond donors (Lipinski definition) is 1. The Bertz CT molecular complexity index is 932. The lowest BCUT2D eigenvalue weighted by molar-refractivity contribution is -0.385. The summed E-state index contributed by atoms with van der Waals surface area (Å²) in [6.07, 6.45) is 4.64. The molecule has 9 heteroatoms. The first-order valence-corrected chi connectivity index (χ1v) is 6.93. The largest absolute Gasteiger partial charge is 0.278 e. The van der Waals surface area contributed by atoms with Gasteiger partial charge in [0, 0.05) is 24.0 Å². The minimum Gasteiger partial charge on any atom is -0.265 e. The molecule has 0 spiro atoms. The third kappa shape index (κ3) is 3.04. The molecule has 0 amide bonds. The molecule has 0 aliphatic rings. The first-order valence-electron chi connectivity index (χ1n) is 6.52. The predicted octanol–water partition coefficient (Wildman–Crippen LogP) is 2.79. The molecule has 0 radical (unpaired) electrons. The second-order valence-corrected chi connectivity index (χ2v) is 4.85. The highest BCUT2D eigenvalue weighted by Gasteiger charge is 2.11. The van der Waals surface area contributed by atoms with E-state index in [4.69, 9.17) is 12.2 Å². The maximum Gasteiger partial charge on any atom is 0.278 e. The maximum absolute atomic E-state index is 11.0. The first kappa shape index (κ1) is 14.7. The van der Waals surface area contributed by atoms with Gasteiger partial charge in [-0.1, -0.05) is 12.1 Å². The summed E-state index contributed by atoms with van der Waals surface area (Å²) in [5, 5.41) is 22.0. The lowest BCUT2D eigenvalue weighted by Crippen LogP contribution is -1.98. The van der Waals surface area contributed by atoms with Crippen molar-refractivity contribution in [2.24, 2.45) is 5.10 Å². The molecule has 0 bridgehead atoms. The molecule has 0 aliphatic carbocycles. The molecule has 0 unspecified atom stereocenters. The standard InChI is InChI=1S/C14H10N6O2S/c21-20(22)12-4-2-1-3-11(12)9-16-19-13(17-18-14(19)23)10-5-7-15-8-6-10/h1-9H,(H,18,23)/b16-9+. The van der Waals surface area contributed by atoms with Crippen molar-refractivity contribution in [1.82, 2.24) is 19.9 Å². The van der Waals surface area contributed by atoms with Crippen LogP contribution in [-0.2, 0) is 0 Å². The van der Waals surface area contributed by atoms with Gasteiger partial charge in [0.15, 0.2) is 5.82 Å². The number of pyridine rings is 1.